The number of carbonyl (C=O) groups is 1. The highest BCUT2D eigenvalue weighted by Crippen LogP contribution is 2.75. The van der Waals surface area contributed by atoms with Gasteiger partial charge in [-0.2, -0.15) is 0 Å². The molecule has 5 rings (SSSR count). The van der Waals surface area contributed by atoms with Crippen LogP contribution in [0.25, 0.3) is 0 Å². The summed E-state index contributed by atoms with van der Waals surface area (Å²) in [4.78, 5) is 11.9. The third-order valence-corrected chi connectivity index (χ3v) is 9.63. The monoisotopic (exact) mass is 380 g/mol. The first-order chi connectivity index (χ1) is 12.7. The van der Waals surface area contributed by atoms with Crippen molar-refractivity contribution in [2.75, 3.05) is 7.11 Å². The summed E-state index contributed by atoms with van der Waals surface area (Å²) >= 11 is 0. The summed E-state index contributed by atoms with van der Waals surface area (Å²) in [6, 6.07) is 0. The van der Waals surface area contributed by atoms with Gasteiger partial charge in [-0.3, -0.25) is 4.79 Å². The van der Waals surface area contributed by atoms with Crippen molar-refractivity contribution in [1.29, 1.82) is 0 Å². The number of aliphatic hydroxyl groups excluding tert-OH is 1. The first-order valence-electron chi connectivity index (χ1n) is 10.6. The SMILES string of the molecule is CO[C@@H]1O[C@@]23CC[C@@]4(O)C[C@@H](O)CC[C@@]14[C@H]2CC[C@]1(C)[C@@H](C(=O)O)CC[C@H]13. The summed E-state index contributed by atoms with van der Waals surface area (Å²) in [5.74, 6) is -0.628. The Morgan fingerprint density at radius 3 is 2.56 bits per heavy atom. The minimum atomic E-state index is -0.964. The van der Waals surface area contributed by atoms with Crippen LogP contribution in [0.4, 0.5) is 0 Å². The second-order valence-electron chi connectivity index (χ2n) is 10.2. The summed E-state index contributed by atoms with van der Waals surface area (Å²) in [5, 5.41) is 31.8. The van der Waals surface area contributed by atoms with Gasteiger partial charge >= 0.3 is 5.97 Å². The highest BCUT2D eigenvalue weighted by molar-refractivity contribution is 5.71. The maximum atomic E-state index is 11.9. The third-order valence-electron chi connectivity index (χ3n) is 9.63. The van der Waals surface area contributed by atoms with Crippen LogP contribution in [0.1, 0.15) is 64.7 Å². The van der Waals surface area contributed by atoms with E-state index in [9.17, 15) is 20.1 Å². The molecule has 3 N–H and O–H groups in total. The maximum Gasteiger partial charge on any atom is 0.307 e. The van der Waals surface area contributed by atoms with Gasteiger partial charge in [0, 0.05) is 19.4 Å². The van der Waals surface area contributed by atoms with Gasteiger partial charge in [0.25, 0.3) is 0 Å². The van der Waals surface area contributed by atoms with Crippen molar-refractivity contribution in [3.63, 3.8) is 0 Å². The van der Waals surface area contributed by atoms with Crippen LogP contribution in [0.2, 0.25) is 0 Å². The van der Waals surface area contributed by atoms with E-state index in [0.717, 1.165) is 25.7 Å². The number of ether oxygens (including phenoxy) is 2. The Kier molecular flexibility index (Phi) is 3.71. The largest absolute Gasteiger partial charge is 0.481 e. The van der Waals surface area contributed by atoms with Gasteiger partial charge in [0.15, 0.2) is 6.29 Å². The number of fused-ring (bicyclic) bond motifs is 1. The second-order valence-corrected chi connectivity index (χ2v) is 10.2. The van der Waals surface area contributed by atoms with Crippen LogP contribution in [0.3, 0.4) is 0 Å². The molecular formula is C21H32O6. The minimum Gasteiger partial charge on any atom is -0.481 e. The van der Waals surface area contributed by atoms with Crippen LogP contribution < -0.4 is 0 Å². The van der Waals surface area contributed by atoms with E-state index in [4.69, 9.17) is 9.47 Å². The number of methoxy groups -OCH3 is 1. The van der Waals surface area contributed by atoms with Crippen molar-refractivity contribution in [3.8, 4) is 0 Å². The first kappa shape index (κ1) is 18.3. The van der Waals surface area contributed by atoms with Crippen molar-refractivity contribution in [3.05, 3.63) is 0 Å². The van der Waals surface area contributed by atoms with Crippen molar-refractivity contribution >= 4 is 5.97 Å². The molecule has 5 aliphatic rings. The molecule has 0 aromatic heterocycles. The summed E-state index contributed by atoms with van der Waals surface area (Å²) in [7, 11) is 1.65. The van der Waals surface area contributed by atoms with Crippen LogP contribution >= 0.6 is 0 Å². The third kappa shape index (κ3) is 1.93. The van der Waals surface area contributed by atoms with Crippen molar-refractivity contribution in [1.82, 2.24) is 0 Å². The van der Waals surface area contributed by atoms with E-state index in [1.807, 2.05) is 0 Å². The number of carboxylic acids is 1. The molecule has 1 saturated heterocycles. The lowest BCUT2D eigenvalue weighted by atomic mass is 9.42. The Hall–Kier alpha value is -0.690. The Morgan fingerprint density at radius 2 is 1.85 bits per heavy atom. The first-order valence-corrected chi connectivity index (χ1v) is 10.6. The van der Waals surface area contributed by atoms with Crippen LogP contribution in [0.5, 0.6) is 0 Å². The lowest BCUT2D eigenvalue weighted by molar-refractivity contribution is -0.239. The van der Waals surface area contributed by atoms with Gasteiger partial charge in [0.1, 0.15) is 0 Å². The Balaban J connectivity index is 1.61. The highest BCUT2D eigenvalue weighted by Gasteiger charge is 2.79. The summed E-state index contributed by atoms with van der Waals surface area (Å²) in [5.41, 5.74) is -2.10. The number of aliphatic carboxylic acids is 1. The number of rotatable bonds is 2. The van der Waals surface area contributed by atoms with Gasteiger partial charge in [-0.25, -0.2) is 0 Å². The molecule has 0 aromatic carbocycles. The molecule has 1 aliphatic heterocycles. The lowest BCUT2D eigenvalue weighted by Crippen LogP contribution is -2.67. The molecule has 0 radical (unpaired) electrons. The molecular weight excluding hydrogens is 348 g/mol. The zero-order valence-electron chi connectivity index (χ0n) is 16.3. The zero-order chi connectivity index (χ0) is 19.2. The zero-order valence-corrected chi connectivity index (χ0v) is 16.3. The van der Waals surface area contributed by atoms with E-state index in [-0.39, 0.29) is 23.2 Å². The Labute approximate surface area is 160 Å². The topological polar surface area (TPSA) is 96.2 Å². The van der Waals surface area contributed by atoms with Crippen LogP contribution in [-0.2, 0) is 14.3 Å². The van der Waals surface area contributed by atoms with Crippen molar-refractivity contribution < 1.29 is 29.6 Å². The van der Waals surface area contributed by atoms with E-state index < -0.39 is 35.0 Å². The van der Waals surface area contributed by atoms with Gasteiger partial charge in [-0.15, -0.1) is 0 Å². The molecule has 27 heavy (non-hydrogen) atoms. The van der Waals surface area contributed by atoms with Gasteiger partial charge in [-0.05, 0) is 62.7 Å². The van der Waals surface area contributed by atoms with Gasteiger partial charge in [-0.1, -0.05) is 6.92 Å². The number of aliphatic hydroxyl groups is 2. The van der Waals surface area contributed by atoms with Crippen LogP contribution in [-0.4, -0.2) is 52.0 Å². The molecule has 1 spiro atoms. The van der Waals surface area contributed by atoms with E-state index in [1.54, 1.807) is 7.11 Å². The fourth-order valence-electron chi connectivity index (χ4n) is 8.62. The molecule has 0 aromatic rings. The average molecular weight is 380 g/mol. The normalized spacial score (nSPS) is 59.0. The van der Waals surface area contributed by atoms with E-state index in [0.29, 0.717) is 32.1 Å². The van der Waals surface area contributed by atoms with E-state index in [2.05, 4.69) is 6.92 Å². The van der Waals surface area contributed by atoms with Gasteiger partial charge in [0.05, 0.1) is 28.6 Å². The smallest absolute Gasteiger partial charge is 0.307 e. The minimum absolute atomic E-state index is 0.173. The molecule has 6 heteroatoms. The summed E-state index contributed by atoms with van der Waals surface area (Å²) < 4.78 is 12.6. The highest BCUT2D eigenvalue weighted by atomic mass is 16.7. The lowest BCUT2D eigenvalue weighted by Gasteiger charge is -2.62. The molecule has 2 bridgehead atoms. The molecule has 0 unspecified atom stereocenters. The Morgan fingerprint density at radius 1 is 1.07 bits per heavy atom. The summed E-state index contributed by atoms with van der Waals surface area (Å²) in [6.45, 7) is 2.15. The van der Waals surface area contributed by atoms with Crippen molar-refractivity contribution in [2.24, 2.45) is 28.6 Å². The molecule has 9 atom stereocenters. The molecule has 5 fully saturated rings. The maximum absolute atomic E-state index is 11.9. The quantitative estimate of drug-likeness (QED) is 0.680. The standard InChI is InChI=1S/C21H32O6/c1-18-7-6-15-20-8-5-12(22)11-19(20,25)9-10-21(15,27-17(20)26-2)14(18)4-3-13(18)16(23)24/h12-15,17,22,25H,3-11H2,1-2H3,(H,23,24)/t12-,13+,14+,15+,17+,18+,19+,20+,21+/m0/s1. The Bertz CT molecular complexity index is 667. The molecule has 4 saturated carbocycles. The molecule has 152 valence electrons. The fraction of sp³-hybridized carbons (Fsp3) is 0.952. The van der Waals surface area contributed by atoms with Crippen LogP contribution in [0.15, 0.2) is 0 Å². The number of carboxylic acid groups (broad SMARTS) is 1. The second kappa shape index (κ2) is 5.47. The molecule has 4 aliphatic carbocycles. The van der Waals surface area contributed by atoms with Gasteiger partial charge in [0.2, 0.25) is 0 Å². The van der Waals surface area contributed by atoms with E-state index in [1.165, 1.54) is 0 Å². The van der Waals surface area contributed by atoms with E-state index >= 15 is 0 Å². The van der Waals surface area contributed by atoms with Gasteiger partial charge < -0.3 is 24.8 Å². The molecule has 1 heterocycles. The predicted molar refractivity (Wildman–Crippen MR) is 95.8 cm³/mol. The fourth-order valence-corrected chi connectivity index (χ4v) is 8.62. The number of hydrogen-bond acceptors (Lipinski definition) is 5. The average Bonchev–Trinajstić information content (AvgIpc) is 3.07. The molecule has 6 nitrogen and oxygen atoms in total. The predicted octanol–water partition coefficient (Wildman–Crippen LogP) is 2.31. The molecule has 0 amide bonds. The summed E-state index contributed by atoms with van der Waals surface area (Å²) in [6.07, 6.45) is 5.47. The van der Waals surface area contributed by atoms with Crippen molar-refractivity contribution in [2.45, 2.75) is 88.3 Å². The number of hydrogen-bond donors (Lipinski definition) is 3. The van der Waals surface area contributed by atoms with Crippen LogP contribution in [0, 0.1) is 28.6 Å².